The third-order valence-electron chi connectivity index (χ3n) is 2.77. The lowest BCUT2D eigenvalue weighted by atomic mass is 10.1. The van der Waals surface area contributed by atoms with Crippen molar-refractivity contribution in [3.63, 3.8) is 0 Å². The van der Waals surface area contributed by atoms with E-state index >= 15 is 0 Å². The molecule has 0 radical (unpaired) electrons. The van der Waals surface area contributed by atoms with Crippen molar-refractivity contribution in [1.82, 2.24) is 9.97 Å². The summed E-state index contributed by atoms with van der Waals surface area (Å²) >= 11 is 0. The highest BCUT2D eigenvalue weighted by Crippen LogP contribution is 2.18. The van der Waals surface area contributed by atoms with Crippen LogP contribution in [0.5, 0.6) is 5.75 Å². The number of hydrogen-bond donors (Lipinski definition) is 3. The van der Waals surface area contributed by atoms with Crippen molar-refractivity contribution in [3.05, 3.63) is 46.5 Å². The Morgan fingerprint density at radius 2 is 2.21 bits per heavy atom. The summed E-state index contributed by atoms with van der Waals surface area (Å²) in [5.41, 5.74) is 6.47. The summed E-state index contributed by atoms with van der Waals surface area (Å²) in [6.07, 6.45) is 2.07. The first-order chi connectivity index (χ1) is 9.22. The fraction of sp³-hybridized carbons (Fsp3) is 0.231. The van der Waals surface area contributed by atoms with Gasteiger partial charge in [0.2, 0.25) is 0 Å². The molecular weight excluding hydrogens is 244 g/mol. The number of hydrogen-bond acceptors (Lipinski definition) is 5. The Labute approximate surface area is 110 Å². The van der Waals surface area contributed by atoms with Gasteiger partial charge in [-0.25, -0.2) is 4.98 Å². The monoisotopic (exact) mass is 260 g/mol. The van der Waals surface area contributed by atoms with Gasteiger partial charge < -0.3 is 20.8 Å². The van der Waals surface area contributed by atoms with E-state index in [1.807, 2.05) is 24.3 Å². The normalized spacial score (nSPS) is 10.2. The lowest BCUT2D eigenvalue weighted by Gasteiger charge is -2.10. The van der Waals surface area contributed by atoms with Gasteiger partial charge >= 0.3 is 0 Å². The number of para-hydroxylation sites is 1. The highest BCUT2D eigenvalue weighted by atomic mass is 16.5. The van der Waals surface area contributed by atoms with E-state index in [1.54, 1.807) is 7.11 Å². The van der Waals surface area contributed by atoms with Gasteiger partial charge in [-0.1, -0.05) is 18.2 Å². The Hall–Kier alpha value is -2.50. The number of nitrogens with one attached hydrogen (secondary N) is 2. The standard InChI is InChI=1S/C13H16N4O2/c1-19-10-5-3-2-4-9(10)6-7-15-12-11(14)13(18)17-8-16-12/h2-5,8H,6-7,14H2,1H3,(H2,15,16,17,18). The SMILES string of the molecule is COc1ccccc1CCNc1nc[nH]c(=O)c1N. The van der Waals surface area contributed by atoms with Gasteiger partial charge in [-0.15, -0.1) is 0 Å². The molecule has 0 fully saturated rings. The Bertz CT molecular complexity index is 610. The predicted octanol–water partition coefficient (Wildman–Crippen LogP) is 1.02. The minimum Gasteiger partial charge on any atom is -0.496 e. The summed E-state index contributed by atoms with van der Waals surface area (Å²) in [6.45, 7) is 0.612. The molecule has 4 N–H and O–H groups in total. The summed E-state index contributed by atoms with van der Waals surface area (Å²) in [5, 5.41) is 3.04. The van der Waals surface area contributed by atoms with Crippen molar-refractivity contribution in [2.24, 2.45) is 0 Å². The molecule has 1 aromatic heterocycles. The number of nitrogens with zero attached hydrogens (tertiary/aromatic N) is 1. The second kappa shape index (κ2) is 5.90. The molecule has 6 nitrogen and oxygen atoms in total. The van der Waals surface area contributed by atoms with Crippen molar-refractivity contribution in [2.45, 2.75) is 6.42 Å². The topological polar surface area (TPSA) is 93.0 Å². The molecular formula is C13H16N4O2. The predicted molar refractivity (Wildman–Crippen MR) is 74.5 cm³/mol. The molecule has 0 bridgehead atoms. The Morgan fingerprint density at radius 1 is 1.42 bits per heavy atom. The van der Waals surface area contributed by atoms with Crippen molar-refractivity contribution in [2.75, 3.05) is 24.7 Å². The van der Waals surface area contributed by atoms with Crippen LogP contribution in [0.4, 0.5) is 11.5 Å². The minimum absolute atomic E-state index is 0.0996. The first-order valence-corrected chi connectivity index (χ1v) is 5.91. The van der Waals surface area contributed by atoms with Gasteiger partial charge in [-0.05, 0) is 18.1 Å². The van der Waals surface area contributed by atoms with E-state index in [9.17, 15) is 4.79 Å². The summed E-state index contributed by atoms with van der Waals surface area (Å²) in [7, 11) is 1.64. The van der Waals surface area contributed by atoms with Crippen LogP contribution < -0.4 is 21.3 Å². The second-order valence-electron chi connectivity index (χ2n) is 3.98. The van der Waals surface area contributed by atoms with Crippen LogP contribution in [-0.4, -0.2) is 23.6 Å². The molecule has 100 valence electrons. The quantitative estimate of drug-likeness (QED) is 0.746. The molecule has 0 amide bonds. The van der Waals surface area contributed by atoms with Gasteiger partial charge in [0.15, 0.2) is 5.82 Å². The van der Waals surface area contributed by atoms with Gasteiger partial charge in [-0.2, -0.15) is 0 Å². The molecule has 0 aliphatic carbocycles. The van der Waals surface area contributed by atoms with E-state index in [1.165, 1.54) is 6.33 Å². The summed E-state index contributed by atoms with van der Waals surface area (Å²) < 4.78 is 5.27. The van der Waals surface area contributed by atoms with Crippen LogP contribution in [0.1, 0.15) is 5.56 Å². The van der Waals surface area contributed by atoms with E-state index in [0.717, 1.165) is 17.7 Å². The van der Waals surface area contributed by atoms with Crippen LogP contribution in [0.25, 0.3) is 0 Å². The smallest absolute Gasteiger partial charge is 0.276 e. The maximum atomic E-state index is 11.3. The third kappa shape index (κ3) is 3.04. The Balaban J connectivity index is 2.00. The van der Waals surface area contributed by atoms with Crippen molar-refractivity contribution in [3.8, 4) is 5.75 Å². The number of anilines is 2. The number of aromatic nitrogens is 2. The molecule has 0 aliphatic rings. The van der Waals surface area contributed by atoms with Crippen LogP contribution in [0.2, 0.25) is 0 Å². The zero-order valence-corrected chi connectivity index (χ0v) is 10.6. The maximum absolute atomic E-state index is 11.3. The van der Waals surface area contributed by atoms with Gasteiger partial charge in [-0.3, -0.25) is 4.79 Å². The number of nitrogen functional groups attached to an aromatic ring is 1. The van der Waals surface area contributed by atoms with Crippen LogP contribution >= 0.6 is 0 Å². The molecule has 0 aliphatic heterocycles. The van der Waals surface area contributed by atoms with Gasteiger partial charge in [0.25, 0.3) is 5.56 Å². The molecule has 0 saturated carbocycles. The van der Waals surface area contributed by atoms with Crippen molar-refractivity contribution >= 4 is 11.5 Å². The van der Waals surface area contributed by atoms with Gasteiger partial charge in [0.1, 0.15) is 11.4 Å². The average molecular weight is 260 g/mol. The van der Waals surface area contributed by atoms with E-state index in [0.29, 0.717) is 12.4 Å². The zero-order chi connectivity index (χ0) is 13.7. The second-order valence-corrected chi connectivity index (χ2v) is 3.98. The molecule has 2 rings (SSSR count). The summed E-state index contributed by atoms with van der Waals surface area (Å²) in [6, 6.07) is 7.79. The molecule has 1 aromatic carbocycles. The average Bonchev–Trinajstić information content (AvgIpc) is 2.44. The molecule has 0 atom stereocenters. The Morgan fingerprint density at radius 3 is 3.00 bits per heavy atom. The molecule has 0 spiro atoms. The number of rotatable bonds is 5. The van der Waals surface area contributed by atoms with Crippen LogP contribution in [-0.2, 0) is 6.42 Å². The van der Waals surface area contributed by atoms with E-state index in [4.69, 9.17) is 10.5 Å². The van der Waals surface area contributed by atoms with E-state index in [2.05, 4.69) is 15.3 Å². The fourth-order valence-corrected chi connectivity index (χ4v) is 1.78. The van der Waals surface area contributed by atoms with Crippen molar-refractivity contribution in [1.29, 1.82) is 0 Å². The number of aromatic amines is 1. The minimum atomic E-state index is -0.338. The van der Waals surface area contributed by atoms with Gasteiger partial charge in [0, 0.05) is 6.54 Å². The molecule has 2 aromatic rings. The largest absolute Gasteiger partial charge is 0.496 e. The number of ether oxygens (including phenoxy) is 1. The molecule has 0 saturated heterocycles. The first-order valence-electron chi connectivity index (χ1n) is 5.91. The molecule has 1 heterocycles. The van der Waals surface area contributed by atoms with Crippen LogP contribution in [0.15, 0.2) is 35.4 Å². The zero-order valence-electron chi connectivity index (χ0n) is 10.6. The fourth-order valence-electron chi connectivity index (χ4n) is 1.78. The number of H-pyrrole nitrogens is 1. The summed E-state index contributed by atoms with van der Waals surface area (Å²) in [4.78, 5) is 17.7. The van der Waals surface area contributed by atoms with Crippen molar-refractivity contribution < 1.29 is 4.74 Å². The van der Waals surface area contributed by atoms with E-state index < -0.39 is 0 Å². The van der Waals surface area contributed by atoms with Gasteiger partial charge in [0.05, 0.1) is 13.4 Å². The lowest BCUT2D eigenvalue weighted by molar-refractivity contribution is 0.410. The highest BCUT2D eigenvalue weighted by molar-refractivity contribution is 5.58. The van der Waals surface area contributed by atoms with E-state index in [-0.39, 0.29) is 11.2 Å². The number of methoxy groups -OCH3 is 1. The maximum Gasteiger partial charge on any atom is 0.276 e. The van der Waals surface area contributed by atoms with Crippen LogP contribution in [0.3, 0.4) is 0 Å². The Kier molecular flexibility index (Phi) is 4.02. The lowest BCUT2D eigenvalue weighted by Crippen LogP contribution is -2.17. The van der Waals surface area contributed by atoms with Crippen LogP contribution in [0, 0.1) is 0 Å². The molecule has 0 unspecified atom stereocenters. The number of nitrogens with two attached hydrogens (primary N) is 1. The number of benzene rings is 1. The molecule has 19 heavy (non-hydrogen) atoms. The summed E-state index contributed by atoms with van der Waals surface area (Å²) in [5.74, 6) is 1.25. The molecule has 6 heteroatoms. The first kappa shape index (κ1) is 12.9. The third-order valence-corrected chi connectivity index (χ3v) is 2.77. The highest BCUT2D eigenvalue weighted by Gasteiger charge is 2.05.